The molecule has 0 bridgehead atoms. The number of furan rings is 1. The van der Waals surface area contributed by atoms with Gasteiger partial charge in [-0.05, 0) is 48.5 Å². The average Bonchev–Trinajstić information content (AvgIpc) is 3.04. The van der Waals surface area contributed by atoms with Crippen molar-refractivity contribution >= 4 is 23.7 Å². The van der Waals surface area contributed by atoms with Gasteiger partial charge in [-0.15, -0.1) is 0 Å². The molecule has 0 unspecified atom stereocenters. The zero-order chi connectivity index (χ0) is 16.9. The molecule has 120 valence electrons. The van der Waals surface area contributed by atoms with Gasteiger partial charge in [0.05, 0.1) is 11.2 Å². The quantitative estimate of drug-likeness (QED) is 0.560. The van der Waals surface area contributed by atoms with Gasteiger partial charge >= 0.3 is 0 Å². The van der Waals surface area contributed by atoms with Crippen molar-refractivity contribution in [3.63, 3.8) is 0 Å². The number of hydrogen-bond acceptors (Lipinski definition) is 3. The molecule has 0 fully saturated rings. The number of hydrazone groups is 1. The standard InChI is InChI=1S/C18H12ClFN2O2/c19-16-4-2-1-3-15(16)17-10-9-14(24-17)11-21-22-18(23)12-5-7-13(20)8-6-12/h1-11H,(H,22,23)/b21-11+. The highest BCUT2D eigenvalue weighted by atomic mass is 35.5. The van der Waals surface area contributed by atoms with E-state index < -0.39 is 11.7 Å². The lowest BCUT2D eigenvalue weighted by molar-refractivity contribution is 0.0955. The third-order valence-corrected chi connectivity index (χ3v) is 3.56. The zero-order valence-corrected chi connectivity index (χ0v) is 13.1. The molecule has 0 spiro atoms. The van der Waals surface area contributed by atoms with Crippen molar-refractivity contribution in [1.82, 2.24) is 5.43 Å². The molecule has 6 heteroatoms. The second-order valence-electron chi connectivity index (χ2n) is 4.89. The number of carbonyl (C=O) groups excluding carboxylic acids is 1. The Morgan fingerprint density at radius 3 is 2.58 bits per heavy atom. The fourth-order valence-electron chi connectivity index (χ4n) is 2.05. The van der Waals surface area contributed by atoms with Gasteiger partial charge in [0.15, 0.2) is 0 Å². The van der Waals surface area contributed by atoms with Crippen LogP contribution in [0.4, 0.5) is 4.39 Å². The number of carbonyl (C=O) groups is 1. The summed E-state index contributed by atoms with van der Waals surface area (Å²) in [5.74, 6) is 0.220. The van der Waals surface area contributed by atoms with Crippen molar-refractivity contribution in [1.29, 1.82) is 0 Å². The van der Waals surface area contributed by atoms with E-state index in [1.54, 1.807) is 18.2 Å². The van der Waals surface area contributed by atoms with E-state index in [4.69, 9.17) is 16.0 Å². The first-order chi connectivity index (χ1) is 11.6. The van der Waals surface area contributed by atoms with Crippen molar-refractivity contribution in [3.05, 3.63) is 82.8 Å². The van der Waals surface area contributed by atoms with E-state index >= 15 is 0 Å². The molecule has 0 saturated heterocycles. The van der Waals surface area contributed by atoms with Crippen molar-refractivity contribution in [3.8, 4) is 11.3 Å². The maximum Gasteiger partial charge on any atom is 0.271 e. The molecular formula is C18H12ClFN2O2. The summed E-state index contributed by atoms with van der Waals surface area (Å²) >= 11 is 6.12. The first-order valence-corrected chi connectivity index (χ1v) is 7.45. The summed E-state index contributed by atoms with van der Waals surface area (Å²) in [6.45, 7) is 0. The first-order valence-electron chi connectivity index (χ1n) is 7.07. The molecule has 4 nitrogen and oxygen atoms in total. The number of amides is 1. The first kappa shape index (κ1) is 16.0. The highest BCUT2D eigenvalue weighted by molar-refractivity contribution is 6.33. The number of hydrogen-bond donors (Lipinski definition) is 1. The lowest BCUT2D eigenvalue weighted by atomic mass is 10.2. The van der Waals surface area contributed by atoms with E-state index in [0.717, 1.165) is 5.56 Å². The van der Waals surface area contributed by atoms with Gasteiger partial charge in [0.1, 0.15) is 17.3 Å². The molecule has 1 amide bonds. The van der Waals surface area contributed by atoms with E-state index in [-0.39, 0.29) is 0 Å². The van der Waals surface area contributed by atoms with Gasteiger partial charge in [-0.25, -0.2) is 9.82 Å². The van der Waals surface area contributed by atoms with Crippen LogP contribution in [0.5, 0.6) is 0 Å². The van der Waals surface area contributed by atoms with Crippen molar-refractivity contribution in [2.45, 2.75) is 0 Å². The molecule has 3 rings (SSSR count). The molecule has 1 N–H and O–H groups in total. The molecule has 0 radical (unpaired) electrons. The van der Waals surface area contributed by atoms with Crippen LogP contribution in [0.2, 0.25) is 5.02 Å². The van der Waals surface area contributed by atoms with Crippen LogP contribution in [-0.4, -0.2) is 12.1 Å². The summed E-state index contributed by atoms with van der Waals surface area (Å²) in [7, 11) is 0. The summed E-state index contributed by atoms with van der Waals surface area (Å²) in [5.41, 5.74) is 3.43. The molecule has 0 saturated carbocycles. The third kappa shape index (κ3) is 3.70. The summed E-state index contributed by atoms with van der Waals surface area (Å²) in [6, 6.07) is 16.0. The Morgan fingerprint density at radius 1 is 1.08 bits per heavy atom. The van der Waals surface area contributed by atoms with Crippen LogP contribution in [0, 0.1) is 5.82 Å². The Morgan fingerprint density at radius 2 is 1.83 bits per heavy atom. The lowest BCUT2D eigenvalue weighted by Gasteiger charge is -1.99. The van der Waals surface area contributed by atoms with Crippen LogP contribution in [0.1, 0.15) is 16.1 Å². The number of nitrogens with one attached hydrogen (secondary N) is 1. The summed E-state index contributed by atoms with van der Waals surface area (Å²) in [4.78, 5) is 11.8. The Balaban J connectivity index is 1.66. The number of nitrogens with zero attached hydrogens (tertiary/aromatic N) is 1. The molecule has 1 aromatic heterocycles. The van der Waals surface area contributed by atoms with Crippen LogP contribution in [0.25, 0.3) is 11.3 Å². The predicted molar refractivity (Wildman–Crippen MR) is 90.6 cm³/mol. The van der Waals surface area contributed by atoms with Gasteiger partial charge in [-0.2, -0.15) is 5.10 Å². The van der Waals surface area contributed by atoms with Gasteiger partial charge in [0, 0.05) is 11.1 Å². The third-order valence-electron chi connectivity index (χ3n) is 3.23. The highest BCUT2D eigenvalue weighted by Gasteiger charge is 2.07. The smallest absolute Gasteiger partial charge is 0.271 e. The Bertz CT molecular complexity index is 888. The average molecular weight is 343 g/mol. The predicted octanol–water partition coefficient (Wildman–Crippen LogP) is 4.50. The molecule has 3 aromatic rings. The van der Waals surface area contributed by atoms with E-state index in [1.165, 1.54) is 30.5 Å². The fraction of sp³-hybridized carbons (Fsp3) is 0. The van der Waals surface area contributed by atoms with E-state index in [2.05, 4.69) is 10.5 Å². The molecular weight excluding hydrogens is 331 g/mol. The van der Waals surface area contributed by atoms with Crippen LogP contribution < -0.4 is 5.43 Å². The molecule has 2 aromatic carbocycles. The SMILES string of the molecule is O=C(N/N=C/c1ccc(-c2ccccc2Cl)o1)c1ccc(F)cc1. The second kappa shape index (κ2) is 7.10. The maximum absolute atomic E-state index is 12.8. The van der Waals surface area contributed by atoms with Crippen LogP contribution in [0.15, 0.2) is 70.2 Å². The summed E-state index contributed by atoms with van der Waals surface area (Å²) < 4.78 is 18.4. The van der Waals surface area contributed by atoms with Crippen LogP contribution in [0.3, 0.4) is 0 Å². The second-order valence-corrected chi connectivity index (χ2v) is 5.30. The number of rotatable bonds is 4. The van der Waals surface area contributed by atoms with E-state index in [9.17, 15) is 9.18 Å². The van der Waals surface area contributed by atoms with Crippen molar-refractivity contribution in [2.75, 3.05) is 0 Å². The minimum atomic E-state index is -0.441. The topological polar surface area (TPSA) is 54.6 Å². The number of halogens is 2. The monoisotopic (exact) mass is 342 g/mol. The molecule has 0 aliphatic carbocycles. The van der Waals surface area contributed by atoms with E-state index in [0.29, 0.717) is 22.1 Å². The van der Waals surface area contributed by atoms with Crippen LogP contribution >= 0.6 is 11.6 Å². The molecule has 0 atom stereocenters. The summed E-state index contributed by atoms with van der Waals surface area (Å²) in [5, 5.41) is 4.41. The Labute approximate surface area is 142 Å². The van der Waals surface area contributed by atoms with Crippen molar-refractivity contribution < 1.29 is 13.6 Å². The Kier molecular flexibility index (Phi) is 4.72. The summed E-state index contributed by atoms with van der Waals surface area (Å²) in [6.07, 6.45) is 1.38. The molecule has 0 aliphatic heterocycles. The minimum absolute atomic E-state index is 0.310. The van der Waals surface area contributed by atoms with Gasteiger partial charge < -0.3 is 4.42 Å². The van der Waals surface area contributed by atoms with Gasteiger partial charge in [0.25, 0.3) is 5.91 Å². The van der Waals surface area contributed by atoms with Gasteiger partial charge in [-0.1, -0.05) is 23.7 Å². The largest absolute Gasteiger partial charge is 0.455 e. The normalized spacial score (nSPS) is 10.9. The maximum atomic E-state index is 12.8. The highest BCUT2D eigenvalue weighted by Crippen LogP contribution is 2.28. The van der Waals surface area contributed by atoms with Gasteiger partial charge in [-0.3, -0.25) is 4.79 Å². The molecule has 0 aliphatic rings. The van der Waals surface area contributed by atoms with Crippen LogP contribution in [-0.2, 0) is 0 Å². The van der Waals surface area contributed by atoms with Gasteiger partial charge in [0.2, 0.25) is 0 Å². The number of benzene rings is 2. The van der Waals surface area contributed by atoms with Crippen molar-refractivity contribution in [2.24, 2.45) is 5.10 Å². The molecule has 24 heavy (non-hydrogen) atoms. The fourth-order valence-corrected chi connectivity index (χ4v) is 2.28. The minimum Gasteiger partial charge on any atom is -0.455 e. The van der Waals surface area contributed by atoms with E-state index in [1.807, 2.05) is 18.2 Å². The zero-order valence-electron chi connectivity index (χ0n) is 12.4. The lowest BCUT2D eigenvalue weighted by Crippen LogP contribution is -2.17. The molecule has 1 heterocycles. The Hall–Kier alpha value is -2.92.